The Labute approximate surface area is 126 Å². The highest BCUT2D eigenvalue weighted by Gasteiger charge is 2.30. The number of Topliss-reactive ketones (excluding diaryl/α,β-unsaturated/α-hetero) is 1. The van der Waals surface area contributed by atoms with Crippen LogP contribution in [0.3, 0.4) is 0 Å². The minimum Gasteiger partial charge on any atom is -0.486 e. The maximum Gasteiger partial charge on any atom is 0.161 e. The first-order valence-electron chi connectivity index (χ1n) is 7.80. The van der Waals surface area contributed by atoms with E-state index in [2.05, 4.69) is 24.0 Å². The molecule has 4 nitrogen and oxygen atoms in total. The van der Waals surface area contributed by atoms with Gasteiger partial charge in [-0.1, -0.05) is 13.0 Å². The molecular formula is C17H23NO3. The first-order valence-corrected chi connectivity index (χ1v) is 7.80. The van der Waals surface area contributed by atoms with E-state index >= 15 is 0 Å². The number of hydrogen-bond acceptors (Lipinski definition) is 4. The van der Waals surface area contributed by atoms with Gasteiger partial charge in [-0.15, -0.1) is 0 Å². The van der Waals surface area contributed by atoms with E-state index < -0.39 is 0 Å². The second-order valence-electron chi connectivity index (χ2n) is 6.01. The third kappa shape index (κ3) is 3.05. The number of carbonyl (C=O) groups excluding carboxylic acids is 1. The molecule has 0 aromatic heterocycles. The minimum atomic E-state index is 0.152. The van der Waals surface area contributed by atoms with Crippen molar-refractivity contribution in [1.29, 1.82) is 0 Å². The Balaban J connectivity index is 1.61. The molecule has 0 bridgehead atoms. The highest BCUT2D eigenvalue weighted by Crippen LogP contribution is 2.31. The monoisotopic (exact) mass is 289 g/mol. The minimum absolute atomic E-state index is 0.152. The third-order valence-electron chi connectivity index (χ3n) is 4.75. The van der Waals surface area contributed by atoms with Gasteiger partial charge in [0.05, 0.1) is 0 Å². The Morgan fingerprint density at radius 3 is 2.76 bits per heavy atom. The lowest BCUT2D eigenvalue weighted by Gasteiger charge is -2.37. The fourth-order valence-electron chi connectivity index (χ4n) is 3.10. The number of carbonyl (C=O) groups is 1. The molecular weight excluding hydrogens is 266 g/mol. The van der Waals surface area contributed by atoms with Crippen molar-refractivity contribution in [2.45, 2.75) is 32.7 Å². The first kappa shape index (κ1) is 14.4. The van der Waals surface area contributed by atoms with Gasteiger partial charge in [-0.3, -0.25) is 9.69 Å². The van der Waals surface area contributed by atoms with E-state index in [0.29, 0.717) is 31.5 Å². The zero-order chi connectivity index (χ0) is 14.8. The molecule has 0 aliphatic carbocycles. The van der Waals surface area contributed by atoms with E-state index in [1.807, 2.05) is 13.0 Å². The second kappa shape index (κ2) is 6.06. The lowest BCUT2D eigenvalue weighted by molar-refractivity contribution is -0.127. The second-order valence-corrected chi connectivity index (χ2v) is 6.01. The molecule has 2 aliphatic rings. The average Bonchev–Trinajstić information content (AvgIpc) is 2.52. The molecule has 114 valence electrons. The fourth-order valence-corrected chi connectivity index (χ4v) is 3.10. The molecule has 3 rings (SSSR count). The molecule has 21 heavy (non-hydrogen) atoms. The van der Waals surface area contributed by atoms with E-state index in [1.54, 1.807) is 0 Å². The zero-order valence-electron chi connectivity index (χ0n) is 12.8. The Hall–Kier alpha value is -1.55. The summed E-state index contributed by atoms with van der Waals surface area (Å²) in [6.07, 6.45) is 1.66. The summed E-state index contributed by atoms with van der Waals surface area (Å²) < 4.78 is 11.2. The molecule has 0 amide bonds. The van der Waals surface area contributed by atoms with Crippen molar-refractivity contribution >= 4 is 5.78 Å². The number of ether oxygens (including phenoxy) is 2. The Morgan fingerprint density at radius 2 is 1.95 bits per heavy atom. The van der Waals surface area contributed by atoms with Gasteiger partial charge in [0.25, 0.3) is 0 Å². The molecule has 4 heteroatoms. The van der Waals surface area contributed by atoms with E-state index in [-0.39, 0.29) is 5.92 Å². The van der Waals surface area contributed by atoms with Crippen molar-refractivity contribution in [3.05, 3.63) is 23.8 Å². The molecule has 0 N–H and O–H groups in total. The van der Waals surface area contributed by atoms with Crippen LogP contribution in [0.1, 0.15) is 25.8 Å². The van der Waals surface area contributed by atoms with Crippen LogP contribution in [0.2, 0.25) is 0 Å². The third-order valence-corrected chi connectivity index (χ3v) is 4.75. The number of rotatable bonds is 3. The number of hydrogen-bond donors (Lipinski definition) is 0. The van der Waals surface area contributed by atoms with Crippen molar-refractivity contribution in [2.24, 2.45) is 5.92 Å². The molecule has 2 unspecified atom stereocenters. The number of fused-ring (bicyclic) bond motifs is 1. The number of likely N-dealkylation sites (tertiary alicyclic amines) is 1. The SMILES string of the molecule is CC1C(=O)CCN(CCc2ccc3c(c2)OCCO3)C1C. The molecule has 1 aromatic carbocycles. The summed E-state index contributed by atoms with van der Waals surface area (Å²) in [7, 11) is 0. The zero-order valence-corrected chi connectivity index (χ0v) is 12.8. The molecule has 0 saturated carbocycles. The van der Waals surface area contributed by atoms with Gasteiger partial charge in [-0.25, -0.2) is 0 Å². The van der Waals surface area contributed by atoms with Crippen molar-refractivity contribution in [1.82, 2.24) is 4.90 Å². The van der Waals surface area contributed by atoms with Crippen LogP contribution >= 0.6 is 0 Å². The average molecular weight is 289 g/mol. The van der Waals surface area contributed by atoms with Gasteiger partial charge in [-0.2, -0.15) is 0 Å². The molecule has 1 aromatic rings. The number of nitrogens with zero attached hydrogens (tertiary/aromatic N) is 1. The van der Waals surface area contributed by atoms with Gasteiger partial charge in [0.2, 0.25) is 0 Å². The number of piperidine rings is 1. The maximum absolute atomic E-state index is 11.7. The lowest BCUT2D eigenvalue weighted by atomic mass is 9.90. The summed E-state index contributed by atoms with van der Waals surface area (Å²) in [6.45, 7) is 7.32. The number of ketones is 1. The molecule has 0 radical (unpaired) electrons. The van der Waals surface area contributed by atoms with Crippen molar-refractivity contribution in [2.75, 3.05) is 26.3 Å². The molecule has 0 spiro atoms. The van der Waals surface area contributed by atoms with Crippen molar-refractivity contribution < 1.29 is 14.3 Å². The predicted octanol–water partition coefficient (Wildman–Crippen LogP) is 2.30. The molecule has 2 atom stereocenters. The van der Waals surface area contributed by atoms with Crippen LogP contribution in [-0.2, 0) is 11.2 Å². The summed E-state index contributed by atoms with van der Waals surface area (Å²) in [6, 6.07) is 6.52. The molecule has 1 fully saturated rings. The van der Waals surface area contributed by atoms with Gasteiger partial charge in [0.15, 0.2) is 11.5 Å². The predicted molar refractivity (Wildman–Crippen MR) is 81.0 cm³/mol. The van der Waals surface area contributed by atoms with Crippen LogP contribution in [0, 0.1) is 5.92 Å². The highest BCUT2D eigenvalue weighted by molar-refractivity contribution is 5.82. The largest absolute Gasteiger partial charge is 0.486 e. The topological polar surface area (TPSA) is 38.8 Å². The molecule has 2 aliphatic heterocycles. The molecule has 1 saturated heterocycles. The van der Waals surface area contributed by atoms with Crippen LogP contribution in [0.15, 0.2) is 18.2 Å². The van der Waals surface area contributed by atoms with Crippen LogP contribution in [0.4, 0.5) is 0 Å². The summed E-state index contributed by atoms with van der Waals surface area (Å²) in [4.78, 5) is 14.1. The van der Waals surface area contributed by atoms with E-state index in [1.165, 1.54) is 5.56 Å². The smallest absolute Gasteiger partial charge is 0.161 e. The summed E-state index contributed by atoms with van der Waals surface area (Å²) >= 11 is 0. The quantitative estimate of drug-likeness (QED) is 0.856. The first-order chi connectivity index (χ1) is 10.1. The van der Waals surface area contributed by atoms with Crippen molar-refractivity contribution in [3.8, 4) is 11.5 Å². The van der Waals surface area contributed by atoms with Crippen LogP contribution in [0.25, 0.3) is 0 Å². The van der Waals surface area contributed by atoms with Gasteiger partial charge in [0, 0.05) is 31.5 Å². The van der Waals surface area contributed by atoms with Crippen LogP contribution < -0.4 is 9.47 Å². The van der Waals surface area contributed by atoms with Gasteiger partial charge < -0.3 is 9.47 Å². The van der Waals surface area contributed by atoms with Crippen molar-refractivity contribution in [3.63, 3.8) is 0 Å². The highest BCUT2D eigenvalue weighted by atomic mass is 16.6. The normalized spacial score (nSPS) is 25.9. The van der Waals surface area contributed by atoms with Gasteiger partial charge in [0.1, 0.15) is 19.0 Å². The summed E-state index contributed by atoms with van der Waals surface area (Å²) in [5.41, 5.74) is 1.26. The summed E-state index contributed by atoms with van der Waals surface area (Å²) in [5.74, 6) is 2.25. The molecule has 2 heterocycles. The van der Waals surface area contributed by atoms with Crippen LogP contribution in [0.5, 0.6) is 11.5 Å². The van der Waals surface area contributed by atoms with Gasteiger partial charge >= 0.3 is 0 Å². The van der Waals surface area contributed by atoms with Gasteiger partial charge in [-0.05, 0) is 31.0 Å². The lowest BCUT2D eigenvalue weighted by Crippen LogP contribution is -2.47. The number of benzene rings is 1. The Bertz CT molecular complexity index is 529. The Morgan fingerprint density at radius 1 is 1.19 bits per heavy atom. The summed E-state index contributed by atoms with van der Waals surface area (Å²) in [5, 5.41) is 0. The fraction of sp³-hybridized carbons (Fsp3) is 0.588. The maximum atomic E-state index is 11.7. The Kier molecular flexibility index (Phi) is 4.15. The van der Waals surface area contributed by atoms with E-state index in [4.69, 9.17) is 9.47 Å². The standard InChI is InChI=1S/C17H23NO3/c1-12-13(2)18(8-6-15(12)19)7-5-14-3-4-16-17(11-14)21-10-9-20-16/h3-4,11-13H,5-10H2,1-2H3. The van der Waals surface area contributed by atoms with E-state index in [9.17, 15) is 4.79 Å². The van der Waals surface area contributed by atoms with E-state index in [0.717, 1.165) is 31.0 Å². The van der Waals surface area contributed by atoms with Crippen LogP contribution in [-0.4, -0.2) is 43.0 Å².